The van der Waals surface area contributed by atoms with Gasteiger partial charge in [0.25, 0.3) is 0 Å². The third-order valence-electron chi connectivity index (χ3n) is 4.68. The first kappa shape index (κ1) is 18.1. The van der Waals surface area contributed by atoms with Crippen LogP contribution < -0.4 is 0 Å². The van der Waals surface area contributed by atoms with Crippen molar-refractivity contribution in [1.29, 1.82) is 0 Å². The Morgan fingerprint density at radius 3 is 2.40 bits per heavy atom. The topological polar surface area (TPSA) is 107 Å². The van der Waals surface area contributed by atoms with E-state index >= 15 is 0 Å². The van der Waals surface area contributed by atoms with Crippen LogP contribution in [0.25, 0.3) is 0 Å². The number of nitrogens with zero attached hydrogens (tertiary/aromatic N) is 2. The summed E-state index contributed by atoms with van der Waals surface area (Å²) in [5.74, 6) is -0.556. The molecule has 3 rings (SSSR count). The van der Waals surface area contributed by atoms with Crippen molar-refractivity contribution >= 4 is 16.1 Å². The Morgan fingerprint density at radius 2 is 1.84 bits per heavy atom. The Hall–Kier alpha value is -1.75. The monoisotopic (exact) mass is 374 g/mol. The van der Waals surface area contributed by atoms with Gasteiger partial charge >= 0.3 is 6.09 Å². The highest BCUT2D eigenvalue weighted by molar-refractivity contribution is 7.89. The van der Waals surface area contributed by atoms with Crippen molar-refractivity contribution in [2.45, 2.75) is 29.6 Å². The molecular weight excluding hydrogens is 355 g/mol. The van der Waals surface area contributed by atoms with Crippen LogP contribution in [0.4, 0.5) is 9.18 Å². The normalized spacial score (nSPS) is 24.4. The van der Waals surface area contributed by atoms with E-state index in [1.165, 1.54) is 4.90 Å². The van der Waals surface area contributed by atoms with Crippen LogP contribution in [0.3, 0.4) is 0 Å². The van der Waals surface area contributed by atoms with Crippen LogP contribution >= 0.6 is 0 Å². The number of halogens is 1. The summed E-state index contributed by atoms with van der Waals surface area (Å²) in [4.78, 5) is 12.2. The van der Waals surface area contributed by atoms with Gasteiger partial charge in [-0.3, -0.25) is 0 Å². The van der Waals surface area contributed by atoms with Crippen molar-refractivity contribution in [3.63, 3.8) is 0 Å². The third-order valence-corrected chi connectivity index (χ3v) is 6.54. The summed E-state index contributed by atoms with van der Waals surface area (Å²) in [7, 11) is -4.03. The van der Waals surface area contributed by atoms with Crippen LogP contribution in [-0.2, 0) is 14.8 Å². The molecule has 0 bridgehead atoms. The van der Waals surface area contributed by atoms with E-state index in [9.17, 15) is 22.7 Å². The molecule has 1 aromatic rings. The van der Waals surface area contributed by atoms with E-state index < -0.39 is 33.8 Å². The maximum Gasteiger partial charge on any atom is 0.407 e. The van der Waals surface area contributed by atoms with Crippen LogP contribution in [0.5, 0.6) is 0 Å². The zero-order chi connectivity index (χ0) is 18.2. The molecule has 2 fully saturated rings. The smallest absolute Gasteiger partial charge is 0.407 e. The summed E-state index contributed by atoms with van der Waals surface area (Å²) in [6, 6.07) is 4.38. The molecule has 0 aromatic heterocycles. The van der Waals surface area contributed by atoms with E-state index in [1.807, 2.05) is 0 Å². The molecule has 1 unspecified atom stereocenters. The molecule has 2 saturated heterocycles. The summed E-state index contributed by atoms with van der Waals surface area (Å²) in [5.41, 5.74) is -0.835. The quantitative estimate of drug-likeness (QED) is 0.788. The van der Waals surface area contributed by atoms with Crippen molar-refractivity contribution in [3.8, 4) is 0 Å². The van der Waals surface area contributed by atoms with Gasteiger partial charge in [-0.15, -0.1) is 0 Å². The van der Waals surface area contributed by atoms with Crippen LogP contribution in [-0.4, -0.2) is 72.0 Å². The standard InChI is InChI=1S/C15H19FN2O6S/c16-11-1-3-12(4-2-11)25(22,23)18-10-15(24-9-13(18)19)5-7-17(8-6-15)14(20)21/h1-4,13,19H,5-10H2,(H,20,21). The summed E-state index contributed by atoms with van der Waals surface area (Å²) in [6.07, 6.45) is -1.71. The molecule has 2 heterocycles. The molecule has 1 aromatic carbocycles. The highest BCUT2D eigenvalue weighted by Gasteiger charge is 2.47. The fraction of sp³-hybridized carbons (Fsp3) is 0.533. The molecule has 1 spiro atoms. The number of aliphatic hydroxyl groups excluding tert-OH is 1. The molecule has 2 N–H and O–H groups in total. The summed E-state index contributed by atoms with van der Waals surface area (Å²) >= 11 is 0. The second kappa shape index (κ2) is 6.52. The lowest BCUT2D eigenvalue weighted by molar-refractivity contribution is -0.176. The van der Waals surface area contributed by atoms with Crippen molar-refractivity contribution in [2.24, 2.45) is 0 Å². The molecule has 0 radical (unpaired) electrons. The number of benzene rings is 1. The number of likely N-dealkylation sites (tertiary alicyclic amines) is 1. The average Bonchev–Trinajstić information content (AvgIpc) is 2.58. The zero-order valence-corrected chi connectivity index (χ0v) is 14.2. The number of morpholine rings is 1. The summed E-state index contributed by atoms with van der Waals surface area (Å²) in [6.45, 7) is 0.181. The fourth-order valence-electron chi connectivity index (χ4n) is 3.16. The van der Waals surface area contributed by atoms with Gasteiger partial charge in [0, 0.05) is 19.6 Å². The molecule has 0 saturated carbocycles. The third kappa shape index (κ3) is 3.47. The van der Waals surface area contributed by atoms with Gasteiger partial charge in [-0.05, 0) is 37.1 Å². The minimum absolute atomic E-state index is 0.0820. The first-order chi connectivity index (χ1) is 11.7. The predicted octanol–water partition coefficient (Wildman–Crippen LogP) is 0.678. The van der Waals surface area contributed by atoms with Gasteiger partial charge < -0.3 is 19.8 Å². The molecule has 0 aliphatic carbocycles. The van der Waals surface area contributed by atoms with Gasteiger partial charge in [0.15, 0.2) is 0 Å². The minimum Gasteiger partial charge on any atom is -0.465 e. The number of rotatable bonds is 2. The zero-order valence-electron chi connectivity index (χ0n) is 13.3. The van der Waals surface area contributed by atoms with Crippen LogP contribution in [0.2, 0.25) is 0 Å². The number of hydrogen-bond acceptors (Lipinski definition) is 5. The molecule has 2 aliphatic heterocycles. The van der Waals surface area contributed by atoms with Gasteiger partial charge in [-0.25, -0.2) is 17.6 Å². The second-order valence-corrected chi connectivity index (χ2v) is 8.14. The summed E-state index contributed by atoms with van der Waals surface area (Å²) < 4.78 is 45.3. The molecule has 138 valence electrons. The van der Waals surface area contributed by atoms with E-state index in [-0.39, 0.29) is 31.1 Å². The lowest BCUT2D eigenvalue weighted by atomic mass is 9.90. The Labute approximate surface area is 144 Å². The molecule has 1 amide bonds. The average molecular weight is 374 g/mol. The second-order valence-electron chi connectivity index (χ2n) is 6.25. The van der Waals surface area contributed by atoms with Gasteiger partial charge in [0.1, 0.15) is 12.0 Å². The van der Waals surface area contributed by atoms with E-state index in [1.54, 1.807) is 0 Å². The highest BCUT2D eigenvalue weighted by atomic mass is 32.2. The number of sulfonamides is 1. The Morgan fingerprint density at radius 1 is 1.24 bits per heavy atom. The van der Waals surface area contributed by atoms with Crippen molar-refractivity contribution in [3.05, 3.63) is 30.1 Å². The number of amides is 1. The molecular formula is C15H19FN2O6S. The number of piperidine rings is 1. The number of aliphatic hydroxyl groups is 1. The molecule has 1 atom stereocenters. The van der Waals surface area contributed by atoms with E-state index in [0.29, 0.717) is 12.8 Å². The Balaban J connectivity index is 1.81. The van der Waals surface area contributed by atoms with Crippen molar-refractivity contribution in [2.75, 3.05) is 26.2 Å². The van der Waals surface area contributed by atoms with Crippen LogP contribution in [0, 0.1) is 5.82 Å². The Kier molecular flexibility index (Phi) is 4.71. The van der Waals surface area contributed by atoms with Gasteiger partial charge in [0.05, 0.1) is 17.1 Å². The maximum absolute atomic E-state index is 13.1. The molecule has 10 heteroatoms. The first-order valence-electron chi connectivity index (χ1n) is 7.81. The fourth-order valence-corrected chi connectivity index (χ4v) is 4.70. The van der Waals surface area contributed by atoms with Crippen molar-refractivity contribution in [1.82, 2.24) is 9.21 Å². The van der Waals surface area contributed by atoms with Crippen LogP contribution in [0.1, 0.15) is 12.8 Å². The highest BCUT2D eigenvalue weighted by Crippen LogP contribution is 2.34. The van der Waals surface area contributed by atoms with E-state index in [4.69, 9.17) is 9.84 Å². The maximum atomic E-state index is 13.1. The number of hydrogen-bond donors (Lipinski definition) is 2. The minimum atomic E-state index is -4.03. The molecule has 25 heavy (non-hydrogen) atoms. The van der Waals surface area contributed by atoms with Gasteiger partial charge in [0.2, 0.25) is 10.0 Å². The number of ether oxygens (including phenoxy) is 1. The molecule has 2 aliphatic rings. The SMILES string of the molecule is O=C(O)N1CCC2(CC1)CN(S(=O)(=O)c1ccc(F)cc1)C(O)CO2. The first-order valence-corrected chi connectivity index (χ1v) is 9.25. The lowest BCUT2D eigenvalue weighted by Crippen LogP contribution is -2.61. The van der Waals surface area contributed by atoms with Gasteiger partial charge in [-0.2, -0.15) is 4.31 Å². The molecule has 8 nitrogen and oxygen atoms in total. The number of carbonyl (C=O) groups is 1. The number of carboxylic acid groups (broad SMARTS) is 1. The largest absolute Gasteiger partial charge is 0.465 e. The van der Waals surface area contributed by atoms with Crippen molar-refractivity contribution < 1.29 is 32.6 Å². The predicted molar refractivity (Wildman–Crippen MR) is 83.8 cm³/mol. The van der Waals surface area contributed by atoms with Crippen LogP contribution in [0.15, 0.2) is 29.2 Å². The van der Waals surface area contributed by atoms with E-state index in [0.717, 1.165) is 28.6 Å². The summed E-state index contributed by atoms with van der Waals surface area (Å²) in [5, 5.41) is 19.1. The Bertz CT molecular complexity index is 746. The van der Waals surface area contributed by atoms with E-state index in [2.05, 4.69) is 0 Å². The van der Waals surface area contributed by atoms with Gasteiger partial charge in [-0.1, -0.05) is 0 Å². The lowest BCUT2D eigenvalue weighted by Gasteiger charge is -2.47.